The molecule has 0 aliphatic rings. The number of hydrogen-bond acceptors (Lipinski definition) is 4. The van der Waals surface area contributed by atoms with E-state index in [0.29, 0.717) is 10.8 Å². The van der Waals surface area contributed by atoms with Crippen molar-refractivity contribution in [2.45, 2.75) is 0 Å². The van der Waals surface area contributed by atoms with Gasteiger partial charge in [-0.05, 0) is 12.1 Å². The van der Waals surface area contributed by atoms with Crippen LogP contribution in [0.2, 0.25) is 5.15 Å². The SMILES string of the molecule is Cn1cc(-n2cc(-c3cccnc3Cl)nn2)cn1. The van der Waals surface area contributed by atoms with Crippen molar-refractivity contribution in [3.05, 3.63) is 42.1 Å². The smallest absolute Gasteiger partial charge is 0.138 e. The quantitative estimate of drug-likeness (QED) is 0.658. The maximum Gasteiger partial charge on any atom is 0.138 e. The first kappa shape index (κ1) is 10.9. The van der Waals surface area contributed by atoms with Crippen molar-refractivity contribution in [1.82, 2.24) is 29.8 Å². The Morgan fingerprint density at radius 1 is 1.28 bits per heavy atom. The van der Waals surface area contributed by atoms with Crippen LogP contribution in [0.25, 0.3) is 16.9 Å². The Kier molecular flexibility index (Phi) is 2.56. The van der Waals surface area contributed by atoms with Gasteiger partial charge in [-0.15, -0.1) is 5.10 Å². The van der Waals surface area contributed by atoms with E-state index < -0.39 is 0 Å². The summed E-state index contributed by atoms with van der Waals surface area (Å²) >= 11 is 6.01. The second-order valence-electron chi connectivity index (χ2n) is 3.76. The van der Waals surface area contributed by atoms with Crippen molar-refractivity contribution in [2.75, 3.05) is 0 Å². The number of rotatable bonds is 2. The zero-order valence-electron chi connectivity index (χ0n) is 9.53. The van der Waals surface area contributed by atoms with Gasteiger partial charge in [0.15, 0.2) is 0 Å². The van der Waals surface area contributed by atoms with Crippen LogP contribution in [0.1, 0.15) is 0 Å². The average Bonchev–Trinajstić information content (AvgIpc) is 2.98. The minimum absolute atomic E-state index is 0.413. The van der Waals surface area contributed by atoms with E-state index >= 15 is 0 Å². The summed E-state index contributed by atoms with van der Waals surface area (Å²) in [7, 11) is 1.85. The fourth-order valence-corrected chi connectivity index (χ4v) is 1.83. The second-order valence-corrected chi connectivity index (χ2v) is 4.12. The molecule has 6 nitrogen and oxygen atoms in total. The summed E-state index contributed by atoms with van der Waals surface area (Å²) in [6.07, 6.45) is 6.99. The molecule has 0 aliphatic heterocycles. The Morgan fingerprint density at radius 2 is 2.17 bits per heavy atom. The van der Waals surface area contributed by atoms with Crippen molar-refractivity contribution in [3.8, 4) is 16.9 Å². The fraction of sp³-hybridized carbons (Fsp3) is 0.0909. The molecule has 0 saturated carbocycles. The third-order valence-corrected chi connectivity index (χ3v) is 2.79. The lowest BCUT2D eigenvalue weighted by Crippen LogP contribution is -1.92. The monoisotopic (exact) mass is 260 g/mol. The van der Waals surface area contributed by atoms with E-state index in [1.165, 1.54) is 0 Å². The molecule has 0 saturated heterocycles. The lowest BCUT2D eigenvalue weighted by atomic mass is 10.2. The summed E-state index contributed by atoms with van der Waals surface area (Å²) in [5.41, 5.74) is 2.28. The van der Waals surface area contributed by atoms with Crippen LogP contribution in [0.3, 0.4) is 0 Å². The highest BCUT2D eigenvalue weighted by Gasteiger charge is 2.09. The van der Waals surface area contributed by atoms with E-state index in [4.69, 9.17) is 11.6 Å². The van der Waals surface area contributed by atoms with Gasteiger partial charge in [0.25, 0.3) is 0 Å². The molecule has 0 aliphatic carbocycles. The molecule has 3 rings (SSSR count). The molecule has 7 heteroatoms. The third kappa shape index (κ3) is 1.86. The molecule has 0 atom stereocenters. The van der Waals surface area contributed by atoms with Crippen molar-refractivity contribution < 1.29 is 0 Å². The molecular formula is C11H9ClN6. The lowest BCUT2D eigenvalue weighted by Gasteiger charge is -1.96. The number of aromatic nitrogens is 6. The van der Waals surface area contributed by atoms with Crippen LogP contribution < -0.4 is 0 Å². The molecule has 0 radical (unpaired) electrons. The summed E-state index contributed by atoms with van der Waals surface area (Å²) in [5.74, 6) is 0. The average molecular weight is 261 g/mol. The minimum atomic E-state index is 0.413. The van der Waals surface area contributed by atoms with Crippen molar-refractivity contribution in [3.63, 3.8) is 0 Å². The van der Waals surface area contributed by atoms with Gasteiger partial charge >= 0.3 is 0 Å². The highest BCUT2D eigenvalue weighted by atomic mass is 35.5. The highest BCUT2D eigenvalue weighted by Crippen LogP contribution is 2.23. The van der Waals surface area contributed by atoms with E-state index in [9.17, 15) is 0 Å². The van der Waals surface area contributed by atoms with Crippen LogP contribution in [0.4, 0.5) is 0 Å². The molecular weight excluding hydrogens is 252 g/mol. The van der Waals surface area contributed by atoms with Gasteiger partial charge in [-0.1, -0.05) is 16.8 Å². The number of halogens is 1. The Balaban J connectivity index is 2.02. The molecule has 18 heavy (non-hydrogen) atoms. The molecule has 3 heterocycles. The first-order valence-electron chi connectivity index (χ1n) is 5.26. The van der Waals surface area contributed by atoms with Crippen molar-refractivity contribution in [2.24, 2.45) is 7.05 Å². The largest absolute Gasteiger partial charge is 0.274 e. The van der Waals surface area contributed by atoms with Crippen LogP contribution in [-0.2, 0) is 7.05 Å². The fourth-order valence-electron chi connectivity index (χ4n) is 1.62. The summed E-state index contributed by atoms with van der Waals surface area (Å²) < 4.78 is 3.35. The molecule has 0 aromatic carbocycles. The van der Waals surface area contributed by atoms with Gasteiger partial charge in [-0.25, -0.2) is 9.67 Å². The zero-order chi connectivity index (χ0) is 12.5. The molecule has 0 N–H and O–H groups in total. The number of hydrogen-bond donors (Lipinski definition) is 0. The number of pyridine rings is 1. The third-order valence-electron chi connectivity index (χ3n) is 2.48. The molecule has 3 aromatic heterocycles. The van der Waals surface area contributed by atoms with E-state index in [2.05, 4.69) is 20.4 Å². The van der Waals surface area contributed by atoms with E-state index in [-0.39, 0.29) is 0 Å². The molecule has 0 fully saturated rings. The number of nitrogens with zero attached hydrogens (tertiary/aromatic N) is 6. The molecule has 0 unspecified atom stereocenters. The topological polar surface area (TPSA) is 61.4 Å². The summed E-state index contributed by atoms with van der Waals surface area (Å²) in [6, 6.07) is 3.66. The molecule has 0 spiro atoms. The van der Waals surface area contributed by atoms with Crippen LogP contribution >= 0.6 is 11.6 Å². The first-order chi connectivity index (χ1) is 8.74. The zero-order valence-corrected chi connectivity index (χ0v) is 10.3. The normalized spacial score (nSPS) is 10.8. The Labute approximate surface area is 108 Å². The van der Waals surface area contributed by atoms with Crippen molar-refractivity contribution in [1.29, 1.82) is 0 Å². The maximum atomic E-state index is 6.01. The molecule has 0 bridgehead atoms. The van der Waals surface area contributed by atoms with Gasteiger partial charge in [0.2, 0.25) is 0 Å². The maximum absolute atomic E-state index is 6.01. The predicted molar refractivity (Wildman–Crippen MR) is 66.4 cm³/mol. The van der Waals surface area contributed by atoms with E-state index in [1.807, 2.05) is 25.4 Å². The van der Waals surface area contributed by atoms with Crippen LogP contribution in [0.5, 0.6) is 0 Å². The summed E-state index contributed by atoms with van der Waals surface area (Å²) in [5, 5.41) is 12.6. The van der Waals surface area contributed by atoms with E-state index in [0.717, 1.165) is 11.3 Å². The van der Waals surface area contributed by atoms with Gasteiger partial charge in [0, 0.05) is 18.8 Å². The Hall–Kier alpha value is -2.21. The van der Waals surface area contributed by atoms with Gasteiger partial charge < -0.3 is 0 Å². The Bertz CT molecular complexity index is 686. The standard InChI is InChI=1S/C11H9ClN6/c1-17-6-8(5-14-17)18-7-10(15-16-18)9-3-2-4-13-11(9)12/h2-7H,1H3. The van der Waals surface area contributed by atoms with Gasteiger partial charge in [-0.2, -0.15) is 5.10 Å². The Morgan fingerprint density at radius 3 is 2.89 bits per heavy atom. The van der Waals surface area contributed by atoms with Gasteiger partial charge in [-0.3, -0.25) is 4.68 Å². The van der Waals surface area contributed by atoms with Crippen LogP contribution in [-0.4, -0.2) is 29.8 Å². The van der Waals surface area contributed by atoms with Crippen LogP contribution in [0, 0.1) is 0 Å². The first-order valence-corrected chi connectivity index (χ1v) is 5.64. The molecule has 3 aromatic rings. The second kappa shape index (κ2) is 4.23. The summed E-state index contributed by atoms with van der Waals surface area (Å²) in [4.78, 5) is 4.01. The number of aryl methyl sites for hydroxylation is 1. The summed E-state index contributed by atoms with van der Waals surface area (Å²) in [6.45, 7) is 0. The van der Waals surface area contributed by atoms with E-state index in [1.54, 1.807) is 28.0 Å². The minimum Gasteiger partial charge on any atom is -0.274 e. The van der Waals surface area contributed by atoms with Gasteiger partial charge in [0.1, 0.15) is 16.5 Å². The van der Waals surface area contributed by atoms with Crippen molar-refractivity contribution >= 4 is 11.6 Å². The highest BCUT2D eigenvalue weighted by molar-refractivity contribution is 6.31. The predicted octanol–water partition coefficient (Wildman–Crippen LogP) is 1.72. The molecule has 0 amide bonds. The van der Waals surface area contributed by atoms with Gasteiger partial charge in [0.05, 0.1) is 18.6 Å². The van der Waals surface area contributed by atoms with Crippen LogP contribution in [0.15, 0.2) is 36.9 Å². The lowest BCUT2D eigenvalue weighted by molar-refractivity contribution is 0.763. The molecule has 90 valence electrons.